The first kappa shape index (κ1) is 12.1. The lowest BCUT2D eigenvalue weighted by molar-refractivity contribution is 0.0954. The second kappa shape index (κ2) is 5.80. The fraction of sp³-hybridized carbons (Fsp3) is 0.167. The number of nitrogens with one attached hydrogen (secondary N) is 1. The number of pyridine rings is 1. The molecule has 1 N–H and O–H groups in total. The van der Waals surface area contributed by atoms with E-state index in [0.29, 0.717) is 12.1 Å². The largest absolute Gasteiger partial charge is 0.352 e. The molecule has 0 aliphatic carbocycles. The van der Waals surface area contributed by atoms with Crippen LogP contribution in [0.1, 0.15) is 15.2 Å². The molecule has 0 atom stereocenters. The van der Waals surface area contributed by atoms with Crippen LogP contribution >= 0.6 is 22.9 Å². The van der Waals surface area contributed by atoms with Crippen molar-refractivity contribution in [3.8, 4) is 0 Å². The first-order chi connectivity index (χ1) is 8.27. The third-order valence-corrected chi connectivity index (χ3v) is 3.48. The first-order valence-electron chi connectivity index (χ1n) is 5.18. The second-order valence-corrected chi connectivity index (χ2v) is 4.82. The van der Waals surface area contributed by atoms with Gasteiger partial charge in [-0.15, -0.1) is 11.3 Å². The third kappa shape index (κ3) is 3.28. The highest BCUT2D eigenvalue weighted by atomic mass is 35.5. The molecule has 0 aliphatic heterocycles. The number of rotatable bonds is 4. The minimum absolute atomic E-state index is 0.181. The minimum Gasteiger partial charge on any atom is -0.352 e. The van der Waals surface area contributed by atoms with Crippen molar-refractivity contribution in [3.05, 3.63) is 51.4 Å². The van der Waals surface area contributed by atoms with E-state index in [-0.39, 0.29) is 11.1 Å². The van der Waals surface area contributed by atoms with Crippen molar-refractivity contribution in [3.63, 3.8) is 0 Å². The van der Waals surface area contributed by atoms with Gasteiger partial charge in [0.2, 0.25) is 0 Å². The Balaban J connectivity index is 1.88. The van der Waals surface area contributed by atoms with Crippen LogP contribution in [-0.4, -0.2) is 17.4 Å². The molecule has 0 radical (unpaired) electrons. The zero-order chi connectivity index (χ0) is 12.1. The topological polar surface area (TPSA) is 42.0 Å². The maximum Gasteiger partial charge on any atom is 0.254 e. The fourth-order valence-electron chi connectivity index (χ4n) is 1.40. The van der Waals surface area contributed by atoms with Gasteiger partial charge in [0.1, 0.15) is 5.15 Å². The van der Waals surface area contributed by atoms with Crippen molar-refractivity contribution >= 4 is 28.8 Å². The summed E-state index contributed by atoms with van der Waals surface area (Å²) in [5.41, 5.74) is 0.417. The monoisotopic (exact) mass is 266 g/mol. The molecule has 0 aliphatic rings. The average molecular weight is 267 g/mol. The lowest BCUT2D eigenvalue weighted by Crippen LogP contribution is -2.25. The van der Waals surface area contributed by atoms with E-state index in [0.717, 1.165) is 6.42 Å². The molecule has 1 amide bonds. The summed E-state index contributed by atoms with van der Waals surface area (Å²) >= 11 is 7.51. The van der Waals surface area contributed by atoms with E-state index in [1.165, 1.54) is 4.88 Å². The lowest BCUT2D eigenvalue weighted by atomic mass is 10.2. The molecule has 2 aromatic rings. The fourth-order valence-corrected chi connectivity index (χ4v) is 2.32. The Kier molecular flexibility index (Phi) is 4.12. The van der Waals surface area contributed by atoms with Gasteiger partial charge < -0.3 is 5.32 Å². The van der Waals surface area contributed by atoms with E-state index in [1.807, 2.05) is 17.5 Å². The van der Waals surface area contributed by atoms with Crippen molar-refractivity contribution < 1.29 is 4.79 Å². The molecule has 0 fully saturated rings. The number of carbonyl (C=O) groups excluding carboxylic acids is 1. The molecule has 0 unspecified atom stereocenters. The van der Waals surface area contributed by atoms with Crippen molar-refractivity contribution in [1.29, 1.82) is 0 Å². The molecule has 0 saturated carbocycles. The van der Waals surface area contributed by atoms with Gasteiger partial charge in [-0.25, -0.2) is 4.98 Å². The highest BCUT2D eigenvalue weighted by Crippen LogP contribution is 2.11. The van der Waals surface area contributed by atoms with Crippen LogP contribution in [0.15, 0.2) is 35.8 Å². The van der Waals surface area contributed by atoms with Crippen molar-refractivity contribution in [1.82, 2.24) is 10.3 Å². The maximum absolute atomic E-state index is 11.8. The summed E-state index contributed by atoms with van der Waals surface area (Å²) in [6.45, 7) is 0.602. The van der Waals surface area contributed by atoms with Crippen molar-refractivity contribution in [2.24, 2.45) is 0 Å². The quantitative estimate of drug-likeness (QED) is 0.865. The number of hydrogen-bond acceptors (Lipinski definition) is 3. The van der Waals surface area contributed by atoms with E-state index in [4.69, 9.17) is 11.6 Å². The Morgan fingerprint density at radius 1 is 1.41 bits per heavy atom. The van der Waals surface area contributed by atoms with Crippen molar-refractivity contribution in [2.75, 3.05) is 6.54 Å². The summed E-state index contributed by atoms with van der Waals surface area (Å²) < 4.78 is 0. The van der Waals surface area contributed by atoms with E-state index in [1.54, 1.807) is 29.7 Å². The molecule has 0 saturated heterocycles. The smallest absolute Gasteiger partial charge is 0.254 e. The molecule has 2 aromatic heterocycles. The molecule has 0 spiro atoms. The highest BCUT2D eigenvalue weighted by molar-refractivity contribution is 7.09. The summed E-state index contributed by atoms with van der Waals surface area (Å²) in [6, 6.07) is 7.41. The zero-order valence-corrected chi connectivity index (χ0v) is 10.6. The van der Waals surface area contributed by atoms with Crippen LogP contribution in [0.4, 0.5) is 0 Å². The number of thiophene rings is 1. The van der Waals surface area contributed by atoms with Crippen LogP contribution in [0.3, 0.4) is 0 Å². The Morgan fingerprint density at radius 3 is 3.00 bits per heavy atom. The predicted octanol–water partition coefficient (Wildman–Crippen LogP) is 2.77. The zero-order valence-electron chi connectivity index (χ0n) is 9.02. The molecular formula is C12H11ClN2OS. The van der Waals surface area contributed by atoms with Crippen LogP contribution in [0.25, 0.3) is 0 Å². The Bertz CT molecular complexity index is 499. The van der Waals surface area contributed by atoms with Crippen LogP contribution in [0, 0.1) is 0 Å². The van der Waals surface area contributed by atoms with Crippen molar-refractivity contribution in [2.45, 2.75) is 6.42 Å². The number of amides is 1. The number of aromatic nitrogens is 1. The van der Waals surface area contributed by atoms with Gasteiger partial charge in [-0.2, -0.15) is 0 Å². The van der Waals surface area contributed by atoms with Gasteiger partial charge in [-0.1, -0.05) is 17.7 Å². The number of hydrogen-bond donors (Lipinski definition) is 1. The van der Waals surface area contributed by atoms with Gasteiger partial charge >= 0.3 is 0 Å². The molecule has 0 aromatic carbocycles. The van der Waals surface area contributed by atoms with Crippen LogP contribution in [0.5, 0.6) is 0 Å². The standard InChI is InChI=1S/C12H11ClN2OS/c13-11-10(4-1-6-14-11)12(16)15-7-5-9-3-2-8-17-9/h1-4,6,8H,5,7H2,(H,15,16). The predicted molar refractivity (Wildman–Crippen MR) is 69.6 cm³/mol. The summed E-state index contributed by atoms with van der Waals surface area (Å²) in [6.07, 6.45) is 2.39. The molecule has 5 heteroatoms. The summed E-state index contributed by atoms with van der Waals surface area (Å²) in [4.78, 5) is 16.9. The van der Waals surface area contributed by atoms with Crippen LogP contribution in [0.2, 0.25) is 5.15 Å². The molecule has 2 rings (SSSR count). The highest BCUT2D eigenvalue weighted by Gasteiger charge is 2.09. The number of halogens is 1. The number of carbonyl (C=O) groups is 1. The minimum atomic E-state index is -0.181. The van der Waals surface area contributed by atoms with Gasteiger partial charge in [0.25, 0.3) is 5.91 Å². The second-order valence-electron chi connectivity index (χ2n) is 3.43. The van der Waals surface area contributed by atoms with E-state index >= 15 is 0 Å². The van der Waals surface area contributed by atoms with Gasteiger partial charge in [0, 0.05) is 17.6 Å². The number of nitrogens with zero attached hydrogens (tertiary/aromatic N) is 1. The van der Waals surface area contributed by atoms with E-state index < -0.39 is 0 Å². The summed E-state index contributed by atoms with van der Waals surface area (Å²) in [7, 11) is 0. The molecule has 0 bridgehead atoms. The van der Waals surface area contributed by atoms with E-state index in [9.17, 15) is 4.79 Å². The Labute approximate surface area is 108 Å². The Morgan fingerprint density at radius 2 is 2.29 bits per heavy atom. The molecule has 88 valence electrons. The first-order valence-corrected chi connectivity index (χ1v) is 6.44. The molecular weight excluding hydrogens is 256 g/mol. The maximum atomic E-state index is 11.8. The molecule has 2 heterocycles. The Hall–Kier alpha value is -1.39. The summed E-state index contributed by atoms with van der Waals surface area (Å²) in [5.74, 6) is -0.181. The van der Waals surface area contributed by atoms with Gasteiger partial charge in [0.15, 0.2) is 0 Å². The van der Waals surface area contributed by atoms with Gasteiger partial charge in [-0.3, -0.25) is 4.79 Å². The average Bonchev–Trinajstić information content (AvgIpc) is 2.82. The third-order valence-electron chi connectivity index (χ3n) is 2.24. The molecule has 17 heavy (non-hydrogen) atoms. The normalized spacial score (nSPS) is 10.2. The lowest BCUT2D eigenvalue weighted by Gasteiger charge is -2.04. The molecule has 3 nitrogen and oxygen atoms in total. The summed E-state index contributed by atoms with van der Waals surface area (Å²) in [5, 5.41) is 5.08. The van der Waals surface area contributed by atoms with Crippen LogP contribution < -0.4 is 5.32 Å². The van der Waals surface area contributed by atoms with Gasteiger partial charge in [-0.05, 0) is 30.0 Å². The van der Waals surface area contributed by atoms with Crippen LogP contribution in [-0.2, 0) is 6.42 Å². The van der Waals surface area contributed by atoms with E-state index in [2.05, 4.69) is 10.3 Å². The van der Waals surface area contributed by atoms with Gasteiger partial charge in [0.05, 0.1) is 5.56 Å². The SMILES string of the molecule is O=C(NCCc1cccs1)c1cccnc1Cl.